The van der Waals surface area contributed by atoms with Gasteiger partial charge in [-0.25, -0.2) is 8.78 Å². The molecule has 0 aromatic heterocycles. The van der Waals surface area contributed by atoms with Gasteiger partial charge < -0.3 is 0 Å². The molecule has 0 heterocycles. The maximum absolute atomic E-state index is 13.6. The van der Waals surface area contributed by atoms with Gasteiger partial charge in [-0.15, -0.1) is 0 Å². The molecule has 0 saturated carbocycles. The standard InChI is InChI=1S/C14H10F2O/c1-9-2-4-12(10(6-9)8-17)13-5-3-11(15)7-14(13)16/h2-8H,1H3. The summed E-state index contributed by atoms with van der Waals surface area (Å²) in [5, 5.41) is 0. The van der Waals surface area contributed by atoms with Gasteiger partial charge in [-0.1, -0.05) is 17.7 Å². The van der Waals surface area contributed by atoms with Crippen LogP contribution < -0.4 is 0 Å². The molecule has 0 bridgehead atoms. The Kier molecular flexibility index (Phi) is 3.00. The molecule has 3 heteroatoms. The summed E-state index contributed by atoms with van der Waals surface area (Å²) < 4.78 is 26.4. The predicted molar refractivity (Wildman–Crippen MR) is 61.9 cm³/mol. The molecule has 0 amide bonds. The van der Waals surface area contributed by atoms with Crippen molar-refractivity contribution >= 4 is 6.29 Å². The summed E-state index contributed by atoms with van der Waals surface area (Å²) >= 11 is 0. The topological polar surface area (TPSA) is 17.1 Å². The van der Waals surface area contributed by atoms with Gasteiger partial charge in [0.05, 0.1) is 0 Å². The van der Waals surface area contributed by atoms with Crippen LogP contribution in [0.5, 0.6) is 0 Å². The Labute approximate surface area is 97.7 Å². The minimum absolute atomic E-state index is 0.230. The van der Waals surface area contributed by atoms with Crippen LogP contribution in [-0.4, -0.2) is 6.29 Å². The molecule has 0 atom stereocenters. The SMILES string of the molecule is Cc1ccc(-c2ccc(F)cc2F)c(C=O)c1. The third kappa shape index (κ3) is 2.23. The summed E-state index contributed by atoms with van der Waals surface area (Å²) in [7, 11) is 0. The highest BCUT2D eigenvalue weighted by molar-refractivity contribution is 5.88. The molecular weight excluding hydrogens is 222 g/mol. The maximum atomic E-state index is 13.6. The smallest absolute Gasteiger partial charge is 0.150 e. The average Bonchev–Trinajstić information content (AvgIpc) is 2.30. The van der Waals surface area contributed by atoms with Gasteiger partial charge in [0.15, 0.2) is 6.29 Å². The number of hydrogen-bond donors (Lipinski definition) is 0. The Morgan fingerprint density at radius 2 is 1.71 bits per heavy atom. The number of benzene rings is 2. The van der Waals surface area contributed by atoms with Crippen LogP contribution in [0.25, 0.3) is 11.1 Å². The molecule has 0 unspecified atom stereocenters. The zero-order chi connectivity index (χ0) is 12.4. The van der Waals surface area contributed by atoms with Gasteiger partial charge >= 0.3 is 0 Å². The molecule has 17 heavy (non-hydrogen) atoms. The first kappa shape index (κ1) is 11.5. The van der Waals surface area contributed by atoms with Gasteiger partial charge in [0.1, 0.15) is 11.6 Å². The van der Waals surface area contributed by atoms with E-state index in [0.717, 1.165) is 11.6 Å². The molecule has 0 fully saturated rings. The third-order valence-electron chi connectivity index (χ3n) is 2.56. The lowest BCUT2D eigenvalue weighted by Gasteiger charge is -2.07. The molecule has 2 aromatic rings. The largest absolute Gasteiger partial charge is 0.298 e. The number of aryl methyl sites for hydroxylation is 1. The van der Waals surface area contributed by atoms with E-state index < -0.39 is 11.6 Å². The quantitative estimate of drug-likeness (QED) is 0.720. The Morgan fingerprint density at radius 3 is 2.35 bits per heavy atom. The average molecular weight is 232 g/mol. The van der Waals surface area contributed by atoms with Crippen molar-refractivity contribution in [2.75, 3.05) is 0 Å². The highest BCUT2D eigenvalue weighted by atomic mass is 19.1. The van der Waals surface area contributed by atoms with Crippen molar-refractivity contribution in [3.63, 3.8) is 0 Å². The van der Waals surface area contributed by atoms with Gasteiger partial charge in [-0.05, 0) is 30.7 Å². The van der Waals surface area contributed by atoms with E-state index >= 15 is 0 Å². The van der Waals surface area contributed by atoms with E-state index in [9.17, 15) is 13.6 Å². The molecular formula is C14H10F2O. The first-order chi connectivity index (χ1) is 8.11. The predicted octanol–water partition coefficient (Wildman–Crippen LogP) is 3.75. The van der Waals surface area contributed by atoms with Crippen molar-refractivity contribution in [2.45, 2.75) is 6.92 Å². The van der Waals surface area contributed by atoms with Crippen molar-refractivity contribution in [1.29, 1.82) is 0 Å². The summed E-state index contributed by atoms with van der Waals surface area (Å²) in [5.41, 5.74) is 2.02. The van der Waals surface area contributed by atoms with Crippen LogP contribution in [0, 0.1) is 18.6 Å². The minimum Gasteiger partial charge on any atom is -0.298 e. The second-order valence-corrected chi connectivity index (χ2v) is 3.83. The summed E-state index contributed by atoms with van der Waals surface area (Å²) in [4.78, 5) is 10.9. The van der Waals surface area contributed by atoms with E-state index in [-0.39, 0.29) is 5.56 Å². The van der Waals surface area contributed by atoms with Crippen molar-refractivity contribution in [3.05, 3.63) is 59.2 Å². The van der Waals surface area contributed by atoms with Gasteiger partial charge in [-0.2, -0.15) is 0 Å². The monoisotopic (exact) mass is 232 g/mol. The fourth-order valence-corrected chi connectivity index (χ4v) is 1.73. The van der Waals surface area contributed by atoms with Crippen LogP contribution in [0.1, 0.15) is 15.9 Å². The number of halogens is 2. The lowest BCUT2D eigenvalue weighted by Crippen LogP contribution is -1.92. The second kappa shape index (κ2) is 4.45. The van der Waals surface area contributed by atoms with Gasteiger partial charge in [-0.3, -0.25) is 4.79 Å². The lowest BCUT2D eigenvalue weighted by molar-refractivity contribution is 0.112. The molecule has 86 valence electrons. The molecule has 0 saturated heterocycles. The maximum Gasteiger partial charge on any atom is 0.150 e. The van der Waals surface area contributed by atoms with E-state index in [2.05, 4.69) is 0 Å². The lowest BCUT2D eigenvalue weighted by atomic mass is 9.98. The number of hydrogen-bond acceptors (Lipinski definition) is 1. The number of carbonyl (C=O) groups excluding carboxylic acids is 1. The normalized spacial score (nSPS) is 10.3. The highest BCUT2D eigenvalue weighted by Crippen LogP contribution is 2.26. The number of rotatable bonds is 2. The Bertz CT molecular complexity index is 576. The Hall–Kier alpha value is -2.03. The van der Waals surface area contributed by atoms with Crippen LogP contribution in [0.3, 0.4) is 0 Å². The first-order valence-electron chi connectivity index (χ1n) is 5.13. The molecule has 0 radical (unpaired) electrons. The van der Waals surface area contributed by atoms with Crippen LogP contribution in [-0.2, 0) is 0 Å². The molecule has 0 aliphatic heterocycles. The van der Waals surface area contributed by atoms with E-state index in [0.29, 0.717) is 17.4 Å². The van der Waals surface area contributed by atoms with E-state index in [1.54, 1.807) is 18.2 Å². The fourth-order valence-electron chi connectivity index (χ4n) is 1.73. The van der Waals surface area contributed by atoms with Gasteiger partial charge in [0.25, 0.3) is 0 Å². The van der Waals surface area contributed by atoms with E-state index in [4.69, 9.17) is 0 Å². The molecule has 0 N–H and O–H groups in total. The van der Waals surface area contributed by atoms with E-state index in [1.165, 1.54) is 12.1 Å². The van der Waals surface area contributed by atoms with Crippen LogP contribution in [0.15, 0.2) is 36.4 Å². The molecule has 0 aliphatic rings. The number of carbonyl (C=O) groups is 1. The summed E-state index contributed by atoms with van der Waals surface area (Å²) in [5.74, 6) is -1.30. The summed E-state index contributed by atoms with van der Waals surface area (Å²) in [6.07, 6.45) is 0.672. The van der Waals surface area contributed by atoms with Crippen LogP contribution in [0.4, 0.5) is 8.78 Å². The Morgan fingerprint density at radius 1 is 1.00 bits per heavy atom. The van der Waals surface area contributed by atoms with Gasteiger partial charge in [0, 0.05) is 17.2 Å². The zero-order valence-corrected chi connectivity index (χ0v) is 9.21. The highest BCUT2D eigenvalue weighted by Gasteiger charge is 2.10. The third-order valence-corrected chi connectivity index (χ3v) is 2.56. The minimum atomic E-state index is -0.669. The van der Waals surface area contributed by atoms with E-state index in [1.807, 2.05) is 6.92 Å². The summed E-state index contributed by atoms with van der Waals surface area (Å²) in [6, 6.07) is 8.44. The molecule has 0 aliphatic carbocycles. The zero-order valence-electron chi connectivity index (χ0n) is 9.21. The van der Waals surface area contributed by atoms with Crippen molar-refractivity contribution < 1.29 is 13.6 Å². The molecule has 0 spiro atoms. The fraction of sp³-hybridized carbons (Fsp3) is 0.0714. The number of aldehydes is 1. The first-order valence-corrected chi connectivity index (χ1v) is 5.13. The van der Waals surface area contributed by atoms with Crippen LogP contribution in [0.2, 0.25) is 0 Å². The van der Waals surface area contributed by atoms with Crippen molar-refractivity contribution in [1.82, 2.24) is 0 Å². The molecule has 1 nitrogen and oxygen atoms in total. The summed E-state index contributed by atoms with van der Waals surface area (Å²) in [6.45, 7) is 1.85. The Balaban J connectivity index is 2.63. The molecule has 2 aromatic carbocycles. The molecule has 2 rings (SSSR count). The second-order valence-electron chi connectivity index (χ2n) is 3.83. The van der Waals surface area contributed by atoms with Crippen molar-refractivity contribution in [2.24, 2.45) is 0 Å². The van der Waals surface area contributed by atoms with Crippen LogP contribution >= 0.6 is 0 Å². The van der Waals surface area contributed by atoms with Crippen molar-refractivity contribution in [3.8, 4) is 11.1 Å². The van der Waals surface area contributed by atoms with Gasteiger partial charge in [0.2, 0.25) is 0 Å².